The zero-order chi connectivity index (χ0) is 16.8. The molecule has 0 rings (SSSR count). The number of hydrogen-bond donors (Lipinski definition) is 2. The van der Waals surface area contributed by atoms with Crippen LogP contribution in [0.25, 0.3) is 0 Å². The van der Waals surface area contributed by atoms with Gasteiger partial charge in [0.15, 0.2) is 0 Å². The Morgan fingerprint density at radius 3 is 1.00 bits per heavy atom. The van der Waals surface area contributed by atoms with Crippen LogP contribution < -0.4 is 11.5 Å². The predicted octanol–water partition coefficient (Wildman–Crippen LogP) is 8.64. The highest BCUT2D eigenvalue weighted by Gasteiger charge is 1.94. The minimum Gasteiger partial charge on any atom is -0.344 e. The molecular formula is C22H52Cl2N2. The van der Waals surface area contributed by atoms with E-state index in [2.05, 4.69) is 19.2 Å². The molecule has 164 valence electrons. The maximum Gasteiger partial charge on any atom is -0.00489 e. The molecule has 0 unspecified atom stereocenters. The van der Waals surface area contributed by atoms with Gasteiger partial charge in [0.25, 0.3) is 0 Å². The molecule has 0 aromatic rings. The van der Waals surface area contributed by atoms with Crippen LogP contribution in [-0.2, 0) is 0 Å². The largest absolute Gasteiger partial charge is 0.344 e. The van der Waals surface area contributed by atoms with Crippen LogP contribution in [0.5, 0.6) is 0 Å². The van der Waals surface area contributed by atoms with E-state index in [1.54, 1.807) is 0 Å². The highest BCUT2D eigenvalue weighted by atomic mass is 35.5. The average molecular weight is 416 g/mol. The quantitative estimate of drug-likeness (QED) is 0.195. The molecule has 0 saturated carbocycles. The molecular weight excluding hydrogens is 363 g/mol. The van der Waals surface area contributed by atoms with E-state index in [1.165, 1.54) is 129 Å². The molecule has 0 heterocycles. The maximum atomic E-state index is 3.54. The van der Waals surface area contributed by atoms with Crippen LogP contribution in [0.15, 0.2) is 0 Å². The zero-order valence-electron chi connectivity index (χ0n) is 18.2. The Balaban J connectivity index is -0.000000807. The molecule has 0 fully saturated rings. The van der Waals surface area contributed by atoms with Gasteiger partial charge in [-0.2, -0.15) is 0 Å². The van der Waals surface area contributed by atoms with Crippen molar-refractivity contribution in [1.82, 2.24) is 11.5 Å². The SMILES string of the molecule is CCCCCCCCCCCCCCCCCCNCCCC.Cl.Cl.N. The number of rotatable bonds is 20. The summed E-state index contributed by atoms with van der Waals surface area (Å²) in [4.78, 5) is 0. The summed E-state index contributed by atoms with van der Waals surface area (Å²) < 4.78 is 0. The molecule has 0 radical (unpaired) electrons. The Morgan fingerprint density at radius 1 is 0.385 bits per heavy atom. The number of nitrogens with one attached hydrogen (secondary N) is 1. The lowest BCUT2D eigenvalue weighted by Gasteiger charge is -2.04. The fraction of sp³-hybridized carbons (Fsp3) is 1.00. The van der Waals surface area contributed by atoms with Gasteiger partial charge in [-0.25, -0.2) is 0 Å². The summed E-state index contributed by atoms with van der Waals surface area (Å²) in [5.41, 5.74) is 0. The zero-order valence-corrected chi connectivity index (χ0v) is 19.8. The van der Waals surface area contributed by atoms with Crippen molar-refractivity contribution >= 4 is 24.8 Å². The van der Waals surface area contributed by atoms with Crippen molar-refractivity contribution in [2.24, 2.45) is 0 Å². The van der Waals surface area contributed by atoms with Gasteiger partial charge in [-0.15, -0.1) is 24.8 Å². The van der Waals surface area contributed by atoms with Crippen LogP contribution in [0.1, 0.15) is 129 Å². The molecule has 4 heteroatoms. The van der Waals surface area contributed by atoms with Crippen LogP contribution in [-0.4, -0.2) is 13.1 Å². The molecule has 0 amide bonds. The summed E-state index contributed by atoms with van der Waals surface area (Å²) in [5, 5.41) is 3.54. The van der Waals surface area contributed by atoms with Gasteiger partial charge in [-0.3, -0.25) is 0 Å². The molecule has 0 aliphatic carbocycles. The average Bonchev–Trinajstić information content (AvgIpc) is 2.57. The lowest BCUT2D eigenvalue weighted by Crippen LogP contribution is -2.16. The first-order chi connectivity index (χ1) is 11.4. The van der Waals surface area contributed by atoms with E-state index in [4.69, 9.17) is 0 Å². The van der Waals surface area contributed by atoms with Crippen molar-refractivity contribution in [3.8, 4) is 0 Å². The van der Waals surface area contributed by atoms with Gasteiger partial charge in [-0.05, 0) is 25.9 Å². The Labute approximate surface area is 178 Å². The Hall–Kier alpha value is 0.500. The van der Waals surface area contributed by atoms with E-state index in [1.807, 2.05) is 0 Å². The fourth-order valence-corrected chi connectivity index (χ4v) is 3.22. The van der Waals surface area contributed by atoms with Crippen LogP contribution in [0.3, 0.4) is 0 Å². The second kappa shape index (κ2) is 33.1. The van der Waals surface area contributed by atoms with Crippen LogP contribution in [0.4, 0.5) is 0 Å². The molecule has 26 heavy (non-hydrogen) atoms. The van der Waals surface area contributed by atoms with E-state index in [9.17, 15) is 0 Å². The third kappa shape index (κ3) is 32.2. The van der Waals surface area contributed by atoms with E-state index in [0.717, 1.165) is 0 Å². The summed E-state index contributed by atoms with van der Waals surface area (Å²) in [6.07, 6.45) is 26.0. The Morgan fingerprint density at radius 2 is 0.654 bits per heavy atom. The molecule has 0 saturated heterocycles. The highest BCUT2D eigenvalue weighted by Crippen LogP contribution is 2.13. The van der Waals surface area contributed by atoms with Gasteiger partial charge in [0.2, 0.25) is 0 Å². The normalized spacial score (nSPS) is 9.92. The molecule has 0 bridgehead atoms. The van der Waals surface area contributed by atoms with Crippen molar-refractivity contribution in [2.45, 2.75) is 129 Å². The molecule has 2 nitrogen and oxygen atoms in total. The molecule has 4 N–H and O–H groups in total. The summed E-state index contributed by atoms with van der Waals surface area (Å²) in [6.45, 7) is 7.01. The van der Waals surface area contributed by atoms with Gasteiger partial charge < -0.3 is 11.5 Å². The summed E-state index contributed by atoms with van der Waals surface area (Å²) in [6, 6.07) is 0. The van der Waals surface area contributed by atoms with E-state index in [-0.39, 0.29) is 31.0 Å². The van der Waals surface area contributed by atoms with Gasteiger partial charge in [0.1, 0.15) is 0 Å². The lowest BCUT2D eigenvalue weighted by molar-refractivity contribution is 0.524. The van der Waals surface area contributed by atoms with Crippen molar-refractivity contribution < 1.29 is 0 Å². The van der Waals surface area contributed by atoms with E-state index in [0.29, 0.717) is 0 Å². The molecule has 0 aliphatic heterocycles. The standard InChI is InChI=1S/C22H47N.2ClH.H3N/c1-3-5-7-8-9-10-11-12-13-14-15-16-17-18-19-20-22-23-21-6-4-2;;;/h23H,3-22H2,1-2H3;2*1H;1H3. The summed E-state index contributed by atoms with van der Waals surface area (Å²) in [5.74, 6) is 0. The second-order valence-electron chi connectivity index (χ2n) is 7.41. The van der Waals surface area contributed by atoms with Crippen molar-refractivity contribution in [3.05, 3.63) is 0 Å². The molecule has 0 spiro atoms. The summed E-state index contributed by atoms with van der Waals surface area (Å²) >= 11 is 0. The van der Waals surface area contributed by atoms with Crippen LogP contribution in [0, 0.1) is 0 Å². The van der Waals surface area contributed by atoms with E-state index < -0.39 is 0 Å². The minimum atomic E-state index is 0. The van der Waals surface area contributed by atoms with Gasteiger partial charge in [-0.1, -0.05) is 117 Å². The highest BCUT2D eigenvalue weighted by molar-refractivity contribution is 5.85. The van der Waals surface area contributed by atoms with Crippen molar-refractivity contribution in [1.29, 1.82) is 0 Å². The molecule has 0 aliphatic rings. The van der Waals surface area contributed by atoms with Gasteiger partial charge in [0.05, 0.1) is 0 Å². The first-order valence-corrected chi connectivity index (χ1v) is 11.1. The van der Waals surface area contributed by atoms with Crippen molar-refractivity contribution in [2.75, 3.05) is 13.1 Å². The number of hydrogen-bond acceptors (Lipinski definition) is 2. The maximum absolute atomic E-state index is 3.54. The first-order valence-electron chi connectivity index (χ1n) is 11.1. The number of unbranched alkanes of at least 4 members (excludes halogenated alkanes) is 16. The fourth-order valence-electron chi connectivity index (χ4n) is 3.22. The molecule has 0 aromatic heterocycles. The third-order valence-electron chi connectivity index (χ3n) is 4.91. The second-order valence-corrected chi connectivity index (χ2v) is 7.41. The van der Waals surface area contributed by atoms with E-state index >= 15 is 0 Å². The lowest BCUT2D eigenvalue weighted by atomic mass is 10.0. The Kier molecular flexibility index (Phi) is 43.3. The minimum absolute atomic E-state index is 0. The third-order valence-corrected chi connectivity index (χ3v) is 4.91. The van der Waals surface area contributed by atoms with Crippen LogP contribution >= 0.6 is 24.8 Å². The molecule has 0 atom stereocenters. The first kappa shape index (κ1) is 34.0. The van der Waals surface area contributed by atoms with Gasteiger partial charge in [0, 0.05) is 0 Å². The predicted molar refractivity (Wildman–Crippen MR) is 127 cm³/mol. The smallest absolute Gasteiger partial charge is 0.00489 e. The number of halogens is 2. The van der Waals surface area contributed by atoms with Crippen LogP contribution in [0.2, 0.25) is 0 Å². The van der Waals surface area contributed by atoms with Crippen molar-refractivity contribution in [3.63, 3.8) is 0 Å². The summed E-state index contributed by atoms with van der Waals surface area (Å²) in [7, 11) is 0. The monoisotopic (exact) mass is 414 g/mol. The topological polar surface area (TPSA) is 47.0 Å². The Bertz CT molecular complexity index is 185. The van der Waals surface area contributed by atoms with Gasteiger partial charge >= 0.3 is 0 Å². The molecule has 0 aromatic carbocycles.